The van der Waals surface area contributed by atoms with Crippen LogP contribution in [-0.4, -0.2) is 16.8 Å². The third-order valence-electron chi connectivity index (χ3n) is 3.95. The van der Waals surface area contributed by atoms with E-state index in [9.17, 15) is 18.4 Å². The summed E-state index contributed by atoms with van der Waals surface area (Å²) < 4.78 is 27.7. The molecule has 148 valence electrons. The SMILES string of the molecule is CC(=O)N(c1nc(/C=C/C(=O)Nc2ccc(C)c(F)c2)cs1)c1ccccc1F. The number of hydrogen-bond acceptors (Lipinski definition) is 4. The van der Waals surface area contributed by atoms with Gasteiger partial charge in [-0.2, -0.15) is 0 Å². The van der Waals surface area contributed by atoms with Crippen molar-refractivity contribution >= 4 is 45.7 Å². The van der Waals surface area contributed by atoms with Gasteiger partial charge in [0.25, 0.3) is 0 Å². The molecule has 0 radical (unpaired) electrons. The quantitative estimate of drug-likeness (QED) is 0.595. The lowest BCUT2D eigenvalue weighted by molar-refractivity contribution is -0.116. The number of nitrogens with one attached hydrogen (secondary N) is 1. The number of rotatable bonds is 5. The Balaban J connectivity index is 1.74. The molecule has 0 saturated heterocycles. The summed E-state index contributed by atoms with van der Waals surface area (Å²) in [7, 11) is 0. The summed E-state index contributed by atoms with van der Waals surface area (Å²) >= 11 is 1.14. The highest BCUT2D eigenvalue weighted by Gasteiger charge is 2.20. The number of nitrogens with zero attached hydrogens (tertiary/aromatic N) is 2. The van der Waals surface area contributed by atoms with Crippen molar-refractivity contribution < 1.29 is 18.4 Å². The van der Waals surface area contributed by atoms with Crippen LogP contribution in [0.3, 0.4) is 0 Å². The number of anilines is 3. The fraction of sp³-hybridized carbons (Fsp3) is 0.0952. The van der Waals surface area contributed by atoms with E-state index in [0.29, 0.717) is 16.9 Å². The largest absolute Gasteiger partial charge is 0.322 e. The standard InChI is InChI=1S/C21H17F2N3O2S/c1-13-7-8-15(11-18(13)23)24-20(28)10-9-16-12-29-21(25-16)26(14(2)27)19-6-4-3-5-17(19)22/h3-12H,1-2H3,(H,24,28)/b10-9+. The van der Waals surface area contributed by atoms with Crippen molar-refractivity contribution in [2.45, 2.75) is 13.8 Å². The molecule has 1 N–H and O–H groups in total. The van der Waals surface area contributed by atoms with E-state index < -0.39 is 17.5 Å². The van der Waals surface area contributed by atoms with Gasteiger partial charge in [-0.3, -0.25) is 14.5 Å². The highest BCUT2D eigenvalue weighted by atomic mass is 32.1. The molecule has 29 heavy (non-hydrogen) atoms. The molecule has 0 aliphatic rings. The lowest BCUT2D eigenvalue weighted by Crippen LogP contribution is -2.23. The minimum absolute atomic E-state index is 0.101. The molecule has 3 rings (SSSR count). The smallest absolute Gasteiger partial charge is 0.248 e. The lowest BCUT2D eigenvalue weighted by atomic mass is 10.2. The zero-order chi connectivity index (χ0) is 21.0. The van der Waals surface area contributed by atoms with Gasteiger partial charge in [-0.15, -0.1) is 11.3 Å². The van der Waals surface area contributed by atoms with Crippen LogP contribution in [0.2, 0.25) is 0 Å². The number of aromatic nitrogens is 1. The average Bonchev–Trinajstić information content (AvgIpc) is 3.13. The Labute approximate surface area is 170 Å². The first kappa shape index (κ1) is 20.3. The van der Waals surface area contributed by atoms with Gasteiger partial charge in [0, 0.05) is 24.1 Å². The fourth-order valence-electron chi connectivity index (χ4n) is 2.51. The minimum atomic E-state index is -0.542. The van der Waals surface area contributed by atoms with E-state index in [1.807, 2.05) is 0 Å². The summed E-state index contributed by atoms with van der Waals surface area (Å²) in [6, 6.07) is 10.3. The average molecular weight is 413 g/mol. The highest BCUT2D eigenvalue weighted by molar-refractivity contribution is 7.14. The molecule has 0 bridgehead atoms. The van der Waals surface area contributed by atoms with Gasteiger partial charge in [0.2, 0.25) is 11.8 Å². The molecule has 0 unspecified atom stereocenters. The number of benzene rings is 2. The zero-order valence-electron chi connectivity index (χ0n) is 15.6. The number of para-hydroxylation sites is 1. The fourth-order valence-corrected chi connectivity index (χ4v) is 3.36. The van der Waals surface area contributed by atoms with Crippen LogP contribution >= 0.6 is 11.3 Å². The van der Waals surface area contributed by atoms with Crippen LogP contribution in [0.4, 0.5) is 25.3 Å². The Hall–Kier alpha value is -3.39. The maximum Gasteiger partial charge on any atom is 0.248 e. The zero-order valence-corrected chi connectivity index (χ0v) is 16.5. The molecule has 8 heteroatoms. The van der Waals surface area contributed by atoms with Gasteiger partial charge < -0.3 is 5.32 Å². The van der Waals surface area contributed by atoms with Crippen LogP contribution in [0.5, 0.6) is 0 Å². The first-order chi connectivity index (χ1) is 13.8. The molecule has 2 amide bonds. The molecule has 0 atom stereocenters. The second-order valence-electron chi connectivity index (χ2n) is 6.15. The number of carbonyl (C=O) groups is 2. The number of amides is 2. The lowest BCUT2D eigenvalue weighted by Gasteiger charge is -2.18. The first-order valence-electron chi connectivity index (χ1n) is 8.61. The third kappa shape index (κ3) is 4.91. The van der Waals surface area contributed by atoms with Gasteiger partial charge in [-0.1, -0.05) is 18.2 Å². The number of aryl methyl sites for hydroxylation is 1. The predicted octanol–water partition coefficient (Wildman–Crippen LogP) is 5.07. The molecular formula is C21H17F2N3O2S. The first-order valence-corrected chi connectivity index (χ1v) is 9.49. The summed E-state index contributed by atoms with van der Waals surface area (Å²) in [5, 5.41) is 4.48. The van der Waals surface area contributed by atoms with Crippen molar-refractivity contribution in [1.29, 1.82) is 0 Å². The summed E-state index contributed by atoms with van der Waals surface area (Å²) in [6.07, 6.45) is 2.71. The van der Waals surface area contributed by atoms with Gasteiger partial charge in [0.1, 0.15) is 11.6 Å². The Kier molecular flexibility index (Phi) is 6.13. The van der Waals surface area contributed by atoms with Crippen molar-refractivity contribution in [3.05, 3.63) is 76.8 Å². The topological polar surface area (TPSA) is 62.3 Å². The van der Waals surface area contributed by atoms with E-state index in [2.05, 4.69) is 10.3 Å². The van der Waals surface area contributed by atoms with Gasteiger partial charge >= 0.3 is 0 Å². The van der Waals surface area contributed by atoms with Crippen molar-refractivity contribution in [2.24, 2.45) is 0 Å². The van der Waals surface area contributed by atoms with E-state index in [0.717, 1.165) is 11.3 Å². The predicted molar refractivity (Wildman–Crippen MR) is 110 cm³/mol. The normalized spacial score (nSPS) is 10.9. The Morgan fingerprint density at radius 2 is 1.90 bits per heavy atom. The molecule has 5 nitrogen and oxygen atoms in total. The molecule has 0 saturated carbocycles. The van der Waals surface area contributed by atoms with Gasteiger partial charge in [0.15, 0.2) is 5.13 Å². The summed E-state index contributed by atoms with van der Waals surface area (Å²) in [5.74, 6) is -1.80. The Morgan fingerprint density at radius 1 is 1.14 bits per heavy atom. The molecule has 0 fully saturated rings. The van der Waals surface area contributed by atoms with Crippen molar-refractivity contribution in [3.63, 3.8) is 0 Å². The number of carbonyl (C=O) groups excluding carboxylic acids is 2. The Morgan fingerprint density at radius 3 is 2.59 bits per heavy atom. The molecule has 1 aromatic heterocycles. The third-order valence-corrected chi connectivity index (χ3v) is 4.80. The molecule has 0 aliphatic heterocycles. The van der Waals surface area contributed by atoms with E-state index in [4.69, 9.17) is 0 Å². The second kappa shape index (κ2) is 8.74. The van der Waals surface area contributed by atoms with E-state index in [1.54, 1.807) is 30.5 Å². The van der Waals surface area contributed by atoms with Crippen LogP contribution in [-0.2, 0) is 9.59 Å². The second-order valence-corrected chi connectivity index (χ2v) is 6.98. The molecule has 3 aromatic rings. The van der Waals surface area contributed by atoms with Crippen LogP contribution < -0.4 is 10.2 Å². The number of halogens is 2. The molecule has 0 aliphatic carbocycles. The van der Waals surface area contributed by atoms with Crippen LogP contribution in [0.15, 0.2) is 53.9 Å². The monoisotopic (exact) mass is 413 g/mol. The number of hydrogen-bond donors (Lipinski definition) is 1. The maximum absolute atomic E-state index is 14.1. The minimum Gasteiger partial charge on any atom is -0.322 e. The molecular weight excluding hydrogens is 396 g/mol. The van der Waals surface area contributed by atoms with E-state index >= 15 is 0 Å². The summed E-state index contributed by atoms with van der Waals surface area (Å²) in [5.41, 5.74) is 1.35. The summed E-state index contributed by atoms with van der Waals surface area (Å²) in [6.45, 7) is 2.95. The van der Waals surface area contributed by atoms with Gasteiger partial charge in [-0.05, 0) is 42.8 Å². The molecule has 0 spiro atoms. The maximum atomic E-state index is 14.1. The number of thiazole rings is 1. The van der Waals surface area contributed by atoms with Crippen molar-refractivity contribution in [3.8, 4) is 0 Å². The van der Waals surface area contributed by atoms with Gasteiger partial charge in [-0.25, -0.2) is 13.8 Å². The van der Waals surface area contributed by atoms with E-state index in [1.165, 1.54) is 48.2 Å². The van der Waals surface area contributed by atoms with Crippen LogP contribution in [0.25, 0.3) is 6.08 Å². The molecule has 2 aromatic carbocycles. The van der Waals surface area contributed by atoms with Crippen molar-refractivity contribution in [2.75, 3.05) is 10.2 Å². The molecule has 1 heterocycles. The van der Waals surface area contributed by atoms with E-state index in [-0.39, 0.29) is 16.7 Å². The summed E-state index contributed by atoms with van der Waals surface area (Å²) in [4.78, 5) is 29.5. The highest BCUT2D eigenvalue weighted by Crippen LogP contribution is 2.31. The Bertz CT molecular complexity index is 1100. The van der Waals surface area contributed by atoms with Gasteiger partial charge in [0.05, 0.1) is 11.4 Å². The van der Waals surface area contributed by atoms with Crippen LogP contribution in [0.1, 0.15) is 18.2 Å². The van der Waals surface area contributed by atoms with Crippen molar-refractivity contribution in [1.82, 2.24) is 4.98 Å². The van der Waals surface area contributed by atoms with Crippen LogP contribution in [0, 0.1) is 18.6 Å².